The zero-order valence-corrected chi connectivity index (χ0v) is 19.4. The summed E-state index contributed by atoms with van der Waals surface area (Å²) in [5.74, 6) is -0.643. The van der Waals surface area contributed by atoms with Gasteiger partial charge < -0.3 is 14.6 Å². The van der Waals surface area contributed by atoms with Crippen LogP contribution >= 0.6 is 0 Å². The number of hydrogen-bond donors (Lipinski definition) is 1. The Morgan fingerprint density at radius 2 is 2.09 bits per heavy atom. The van der Waals surface area contributed by atoms with Gasteiger partial charge >= 0.3 is 0 Å². The number of pyridine rings is 2. The van der Waals surface area contributed by atoms with E-state index in [1.165, 1.54) is 6.42 Å². The van der Waals surface area contributed by atoms with Gasteiger partial charge in [-0.05, 0) is 55.0 Å². The average molecular weight is 449 g/mol. The predicted molar refractivity (Wildman–Crippen MR) is 126 cm³/mol. The molecule has 0 spiro atoms. The van der Waals surface area contributed by atoms with Crippen LogP contribution in [0.5, 0.6) is 0 Å². The van der Waals surface area contributed by atoms with Gasteiger partial charge in [-0.2, -0.15) is 0 Å². The van der Waals surface area contributed by atoms with Gasteiger partial charge in [0.15, 0.2) is 0 Å². The molecule has 2 aromatic heterocycles. The van der Waals surface area contributed by atoms with Crippen molar-refractivity contribution in [3.05, 3.63) is 69.9 Å². The van der Waals surface area contributed by atoms with Crippen molar-refractivity contribution in [2.75, 3.05) is 20.7 Å². The highest BCUT2D eigenvalue weighted by Gasteiger charge is 2.56. The number of fused-ring (bicyclic) bond motifs is 4. The molecule has 3 aliphatic rings. The molecule has 1 amide bonds. The lowest BCUT2D eigenvalue weighted by Crippen LogP contribution is -2.46. The first-order valence-electron chi connectivity index (χ1n) is 11.9. The number of amides is 1. The lowest BCUT2D eigenvalue weighted by molar-refractivity contribution is -0.135. The van der Waals surface area contributed by atoms with E-state index in [2.05, 4.69) is 16.0 Å². The first kappa shape index (κ1) is 22.0. The van der Waals surface area contributed by atoms with Crippen LogP contribution in [0.2, 0.25) is 0 Å². The highest BCUT2D eigenvalue weighted by molar-refractivity contribution is 5.80. The molecule has 2 aromatic rings. The van der Waals surface area contributed by atoms with Crippen molar-refractivity contribution in [3.8, 4) is 0 Å². The van der Waals surface area contributed by atoms with E-state index in [1.54, 1.807) is 25.2 Å². The number of rotatable bonds is 5. The van der Waals surface area contributed by atoms with E-state index in [-0.39, 0.29) is 36.1 Å². The minimum absolute atomic E-state index is 0.00213. The number of aliphatic hydroxyl groups is 1. The molecule has 174 valence electrons. The quantitative estimate of drug-likeness (QED) is 0.760. The van der Waals surface area contributed by atoms with Crippen LogP contribution in [0.4, 0.5) is 0 Å². The van der Waals surface area contributed by atoms with Crippen LogP contribution in [0.1, 0.15) is 48.5 Å². The molecule has 0 unspecified atom stereocenters. The molecule has 0 aromatic carbocycles. The maximum Gasteiger partial charge on any atom is 0.258 e. The lowest BCUT2D eigenvalue weighted by Gasteiger charge is -2.38. The molecular formula is C26H32N4O3. The van der Waals surface area contributed by atoms with Gasteiger partial charge in [-0.3, -0.25) is 19.5 Å². The minimum Gasteiger partial charge on any atom is -0.396 e. The highest BCUT2D eigenvalue weighted by Crippen LogP contribution is 2.49. The Morgan fingerprint density at radius 1 is 1.24 bits per heavy atom. The van der Waals surface area contributed by atoms with Crippen molar-refractivity contribution in [3.63, 3.8) is 0 Å². The summed E-state index contributed by atoms with van der Waals surface area (Å²) < 4.78 is 1.88. The summed E-state index contributed by atoms with van der Waals surface area (Å²) in [6, 6.07) is 7.57. The topological polar surface area (TPSA) is 78.7 Å². The summed E-state index contributed by atoms with van der Waals surface area (Å²) >= 11 is 0. The molecule has 1 fully saturated rings. The van der Waals surface area contributed by atoms with E-state index in [4.69, 9.17) is 0 Å². The number of hydrogen-bond acceptors (Lipinski definition) is 5. The molecule has 7 heteroatoms. The predicted octanol–water partition coefficient (Wildman–Crippen LogP) is 2.45. The van der Waals surface area contributed by atoms with Gasteiger partial charge in [0.1, 0.15) is 0 Å². The molecular weight excluding hydrogens is 416 g/mol. The summed E-state index contributed by atoms with van der Waals surface area (Å²) in [6.45, 7) is 1.02. The zero-order chi connectivity index (χ0) is 23.1. The Bertz CT molecular complexity index is 1120. The standard InChI is InChI=1S/C26H32N4O3/c1-28(2)26(33)23-20(16-31)22-15-30-21(24(23)29(22)14-17-7-6-12-27-13-17)11-10-19(25(30)32)18-8-4-3-5-9-18/h6-8,10-13,20,22-24,31H,3-5,9,14-16H2,1-2H3/t20-,22-,23+,24+/m0/s1. The number of aromatic nitrogens is 2. The van der Waals surface area contributed by atoms with Gasteiger partial charge in [0.25, 0.3) is 5.56 Å². The van der Waals surface area contributed by atoms with Crippen molar-refractivity contribution < 1.29 is 9.90 Å². The van der Waals surface area contributed by atoms with E-state index < -0.39 is 5.92 Å². The summed E-state index contributed by atoms with van der Waals surface area (Å²) in [4.78, 5) is 35.1. The Morgan fingerprint density at radius 3 is 2.76 bits per heavy atom. The van der Waals surface area contributed by atoms with Crippen LogP contribution in [-0.4, -0.2) is 57.1 Å². The number of aliphatic hydroxyl groups excluding tert-OH is 1. The van der Waals surface area contributed by atoms with Crippen LogP contribution in [0.3, 0.4) is 0 Å². The molecule has 1 aliphatic carbocycles. The second-order valence-corrected chi connectivity index (χ2v) is 9.71. The van der Waals surface area contributed by atoms with E-state index in [0.29, 0.717) is 13.1 Å². The Balaban J connectivity index is 1.62. The number of carbonyl (C=O) groups is 1. The van der Waals surface area contributed by atoms with E-state index in [1.807, 2.05) is 35.0 Å². The fraction of sp³-hybridized carbons (Fsp3) is 0.500. The molecule has 0 saturated carbocycles. The van der Waals surface area contributed by atoms with Crippen LogP contribution in [0.25, 0.3) is 5.57 Å². The van der Waals surface area contributed by atoms with Crippen molar-refractivity contribution in [2.24, 2.45) is 11.8 Å². The molecule has 7 nitrogen and oxygen atoms in total. The fourth-order valence-electron chi connectivity index (χ4n) is 6.05. The van der Waals surface area contributed by atoms with Crippen molar-refractivity contribution in [1.82, 2.24) is 19.4 Å². The second kappa shape index (κ2) is 8.88. The first-order chi connectivity index (χ1) is 16.0. The molecule has 33 heavy (non-hydrogen) atoms. The van der Waals surface area contributed by atoms with Crippen molar-refractivity contribution >= 4 is 11.5 Å². The van der Waals surface area contributed by atoms with Gasteiger partial charge in [0.05, 0.1) is 12.0 Å². The molecule has 2 aliphatic heterocycles. The molecule has 1 N–H and O–H groups in total. The highest BCUT2D eigenvalue weighted by atomic mass is 16.3. The molecule has 4 heterocycles. The third-order valence-corrected chi connectivity index (χ3v) is 7.62. The summed E-state index contributed by atoms with van der Waals surface area (Å²) in [7, 11) is 3.52. The maximum absolute atomic E-state index is 13.6. The Hall–Kier alpha value is -2.77. The zero-order valence-electron chi connectivity index (χ0n) is 19.4. The minimum atomic E-state index is -0.403. The number of carbonyl (C=O) groups excluding carboxylic acids is 1. The molecule has 5 rings (SSSR count). The van der Waals surface area contributed by atoms with E-state index >= 15 is 0 Å². The van der Waals surface area contributed by atoms with Gasteiger partial charge in [-0.1, -0.05) is 12.1 Å². The van der Waals surface area contributed by atoms with Crippen molar-refractivity contribution in [2.45, 2.75) is 50.9 Å². The average Bonchev–Trinajstić information content (AvgIpc) is 3.04. The van der Waals surface area contributed by atoms with Gasteiger partial charge in [0, 0.05) is 69.4 Å². The van der Waals surface area contributed by atoms with Crippen LogP contribution in [0.15, 0.2) is 47.5 Å². The smallest absolute Gasteiger partial charge is 0.258 e. The molecule has 2 bridgehead atoms. The number of allylic oxidation sites excluding steroid dienone is 2. The summed E-state index contributed by atoms with van der Waals surface area (Å²) in [5.41, 5.74) is 3.89. The lowest BCUT2D eigenvalue weighted by atomic mass is 9.86. The van der Waals surface area contributed by atoms with Crippen molar-refractivity contribution in [1.29, 1.82) is 0 Å². The first-order valence-corrected chi connectivity index (χ1v) is 11.9. The van der Waals surface area contributed by atoms with Crippen LogP contribution in [0, 0.1) is 11.8 Å². The molecule has 0 radical (unpaired) electrons. The monoisotopic (exact) mass is 448 g/mol. The van der Waals surface area contributed by atoms with E-state index in [9.17, 15) is 14.7 Å². The number of nitrogens with zero attached hydrogens (tertiary/aromatic N) is 4. The Kier molecular flexibility index (Phi) is 5.93. The maximum atomic E-state index is 13.6. The van der Waals surface area contributed by atoms with Gasteiger partial charge in [-0.15, -0.1) is 0 Å². The largest absolute Gasteiger partial charge is 0.396 e. The SMILES string of the molecule is CN(C)C(=O)[C@@H]1[C@@H](CO)[C@@H]2Cn3c(ccc(C4=CCCCC4)c3=O)[C@H]1N2Cc1cccnc1. The third kappa shape index (κ3) is 3.73. The Labute approximate surface area is 194 Å². The van der Waals surface area contributed by atoms with Crippen LogP contribution in [-0.2, 0) is 17.9 Å². The molecule has 1 saturated heterocycles. The van der Waals surface area contributed by atoms with Crippen LogP contribution < -0.4 is 5.56 Å². The molecule has 4 atom stereocenters. The summed E-state index contributed by atoms with van der Waals surface area (Å²) in [6.07, 6.45) is 10.0. The van der Waals surface area contributed by atoms with E-state index in [0.717, 1.165) is 41.7 Å². The second-order valence-electron chi connectivity index (χ2n) is 9.71. The normalized spacial score (nSPS) is 26.6. The van der Waals surface area contributed by atoms with Gasteiger partial charge in [-0.25, -0.2) is 0 Å². The third-order valence-electron chi connectivity index (χ3n) is 7.62. The fourth-order valence-corrected chi connectivity index (χ4v) is 6.05. The van der Waals surface area contributed by atoms with Gasteiger partial charge in [0.2, 0.25) is 5.91 Å². The summed E-state index contributed by atoms with van der Waals surface area (Å²) in [5, 5.41) is 10.4.